The van der Waals surface area contributed by atoms with Crippen molar-refractivity contribution in [1.29, 1.82) is 5.26 Å². The van der Waals surface area contributed by atoms with E-state index >= 15 is 0 Å². The van der Waals surface area contributed by atoms with Gasteiger partial charge < -0.3 is 4.90 Å². The normalized spacial score (nSPS) is 15.6. The number of amides is 1. The molecular formula is C15H16N2O. The molecule has 1 aliphatic heterocycles. The van der Waals surface area contributed by atoms with Gasteiger partial charge in [0.1, 0.15) is 11.6 Å². The summed E-state index contributed by atoms with van der Waals surface area (Å²) < 4.78 is 0. The van der Waals surface area contributed by atoms with Crippen molar-refractivity contribution in [3.63, 3.8) is 0 Å². The summed E-state index contributed by atoms with van der Waals surface area (Å²) >= 11 is 0. The van der Waals surface area contributed by atoms with Crippen LogP contribution in [0.4, 0.5) is 0 Å². The van der Waals surface area contributed by atoms with Crippen LogP contribution in [0.5, 0.6) is 0 Å². The molecule has 0 spiro atoms. The summed E-state index contributed by atoms with van der Waals surface area (Å²) in [6, 6.07) is 9.80. The van der Waals surface area contributed by atoms with E-state index in [0.29, 0.717) is 0 Å². The molecule has 0 bridgehead atoms. The Morgan fingerprint density at radius 3 is 2.44 bits per heavy atom. The molecule has 1 heterocycles. The minimum Gasteiger partial charge on any atom is -0.338 e. The number of benzene rings is 1. The number of carbonyl (C=O) groups is 1. The van der Waals surface area contributed by atoms with E-state index in [2.05, 4.69) is 0 Å². The SMILES string of the molecule is Cc1ccc(C=C(C#N)C(=O)N2CCCC2)cc1. The van der Waals surface area contributed by atoms with Crippen LogP contribution in [-0.4, -0.2) is 23.9 Å². The number of nitriles is 1. The van der Waals surface area contributed by atoms with Crippen LogP contribution >= 0.6 is 0 Å². The van der Waals surface area contributed by atoms with Gasteiger partial charge in [-0.3, -0.25) is 4.79 Å². The molecule has 92 valence electrons. The maximum Gasteiger partial charge on any atom is 0.264 e. The van der Waals surface area contributed by atoms with Gasteiger partial charge in [-0.25, -0.2) is 0 Å². The van der Waals surface area contributed by atoms with Crippen molar-refractivity contribution in [1.82, 2.24) is 4.90 Å². The van der Waals surface area contributed by atoms with Crippen LogP contribution in [0.1, 0.15) is 24.0 Å². The number of carbonyl (C=O) groups excluding carboxylic acids is 1. The monoisotopic (exact) mass is 240 g/mol. The molecule has 0 aliphatic carbocycles. The Morgan fingerprint density at radius 2 is 1.89 bits per heavy atom. The quantitative estimate of drug-likeness (QED) is 0.589. The Kier molecular flexibility index (Phi) is 3.78. The number of aryl methyl sites for hydroxylation is 1. The smallest absolute Gasteiger partial charge is 0.264 e. The van der Waals surface area contributed by atoms with E-state index in [1.807, 2.05) is 37.3 Å². The first-order chi connectivity index (χ1) is 8.70. The van der Waals surface area contributed by atoms with E-state index in [9.17, 15) is 4.79 Å². The average molecular weight is 240 g/mol. The molecule has 3 heteroatoms. The lowest BCUT2D eigenvalue weighted by Crippen LogP contribution is -2.28. The van der Waals surface area contributed by atoms with Crippen molar-refractivity contribution >= 4 is 12.0 Å². The number of likely N-dealkylation sites (tertiary alicyclic amines) is 1. The highest BCUT2D eigenvalue weighted by atomic mass is 16.2. The van der Waals surface area contributed by atoms with E-state index in [1.54, 1.807) is 11.0 Å². The number of hydrogen-bond acceptors (Lipinski definition) is 2. The van der Waals surface area contributed by atoms with Crippen molar-refractivity contribution in [3.05, 3.63) is 41.0 Å². The van der Waals surface area contributed by atoms with Crippen molar-refractivity contribution in [2.45, 2.75) is 19.8 Å². The summed E-state index contributed by atoms with van der Waals surface area (Å²) in [6.45, 7) is 3.55. The van der Waals surface area contributed by atoms with E-state index in [-0.39, 0.29) is 11.5 Å². The highest BCUT2D eigenvalue weighted by Crippen LogP contribution is 2.14. The van der Waals surface area contributed by atoms with Gasteiger partial charge >= 0.3 is 0 Å². The molecule has 2 rings (SSSR count). The molecule has 0 saturated carbocycles. The molecule has 1 aromatic rings. The van der Waals surface area contributed by atoms with Crippen molar-refractivity contribution in [2.75, 3.05) is 13.1 Å². The highest BCUT2D eigenvalue weighted by molar-refractivity contribution is 6.01. The van der Waals surface area contributed by atoms with Crippen LogP contribution in [-0.2, 0) is 4.79 Å². The van der Waals surface area contributed by atoms with Gasteiger partial charge in [0.05, 0.1) is 0 Å². The predicted octanol–water partition coefficient (Wildman–Crippen LogP) is 2.52. The number of rotatable bonds is 2. The molecule has 0 N–H and O–H groups in total. The fraction of sp³-hybridized carbons (Fsp3) is 0.333. The van der Waals surface area contributed by atoms with E-state index in [4.69, 9.17) is 5.26 Å². The van der Waals surface area contributed by atoms with Gasteiger partial charge in [0, 0.05) is 13.1 Å². The molecule has 1 aromatic carbocycles. The summed E-state index contributed by atoms with van der Waals surface area (Å²) in [6.07, 6.45) is 3.74. The standard InChI is InChI=1S/C15H16N2O/c1-12-4-6-13(7-5-12)10-14(11-16)15(18)17-8-2-3-9-17/h4-7,10H,2-3,8-9H2,1H3. The average Bonchev–Trinajstić information content (AvgIpc) is 2.91. The summed E-state index contributed by atoms with van der Waals surface area (Å²) in [7, 11) is 0. The molecule has 0 atom stereocenters. The summed E-state index contributed by atoms with van der Waals surface area (Å²) in [5.41, 5.74) is 2.28. The van der Waals surface area contributed by atoms with Gasteiger partial charge in [0.15, 0.2) is 0 Å². The lowest BCUT2D eigenvalue weighted by Gasteiger charge is -2.14. The molecule has 3 nitrogen and oxygen atoms in total. The van der Waals surface area contributed by atoms with Gasteiger partial charge in [-0.1, -0.05) is 29.8 Å². The first-order valence-corrected chi connectivity index (χ1v) is 6.18. The van der Waals surface area contributed by atoms with Crippen LogP contribution in [0, 0.1) is 18.3 Å². The second-order valence-electron chi connectivity index (χ2n) is 4.58. The Hall–Kier alpha value is -2.08. The fourth-order valence-corrected chi connectivity index (χ4v) is 2.06. The third kappa shape index (κ3) is 2.78. The highest BCUT2D eigenvalue weighted by Gasteiger charge is 2.21. The molecule has 1 fully saturated rings. The van der Waals surface area contributed by atoms with Crippen molar-refractivity contribution in [2.24, 2.45) is 0 Å². The van der Waals surface area contributed by atoms with Crippen LogP contribution < -0.4 is 0 Å². The minimum atomic E-state index is -0.143. The van der Waals surface area contributed by atoms with Crippen molar-refractivity contribution < 1.29 is 4.79 Å². The molecule has 1 amide bonds. The zero-order chi connectivity index (χ0) is 13.0. The Bertz CT molecular complexity index is 502. The van der Waals surface area contributed by atoms with Gasteiger partial charge in [0.25, 0.3) is 5.91 Å². The fourth-order valence-electron chi connectivity index (χ4n) is 2.06. The number of hydrogen-bond donors (Lipinski definition) is 0. The molecule has 0 aromatic heterocycles. The third-order valence-corrected chi connectivity index (χ3v) is 3.13. The van der Waals surface area contributed by atoms with Gasteiger partial charge in [-0.2, -0.15) is 5.26 Å². The topological polar surface area (TPSA) is 44.1 Å². The van der Waals surface area contributed by atoms with Crippen LogP contribution in [0.25, 0.3) is 6.08 Å². The largest absolute Gasteiger partial charge is 0.338 e. The lowest BCUT2D eigenvalue weighted by molar-refractivity contribution is -0.125. The van der Waals surface area contributed by atoms with Gasteiger partial charge in [-0.05, 0) is 31.4 Å². The zero-order valence-electron chi connectivity index (χ0n) is 10.5. The molecule has 1 aliphatic rings. The van der Waals surface area contributed by atoms with Crippen LogP contribution in [0.15, 0.2) is 29.8 Å². The third-order valence-electron chi connectivity index (χ3n) is 3.13. The molecule has 1 saturated heterocycles. The first kappa shape index (κ1) is 12.4. The second-order valence-corrected chi connectivity index (χ2v) is 4.58. The number of nitrogens with zero attached hydrogens (tertiary/aromatic N) is 2. The van der Waals surface area contributed by atoms with Crippen molar-refractivity contribution in [3.8, 4) is 6.07 Å². The lowest BCUT2D eigenvalue weighted by atomic mass is 10.1. The van der Waals surface area contributed by atoms with Gasteiger partial charge in [0.2, 0.25) is 0 Å². The summed E-state index contributed by atoms with van der Waals surface area (Å²) in [5.74, 6) is -0.143. The summed E-state index contributed by atoms with van der Waals surface area (Å²) in [4.78, 5) is 13.8. The maximum absolute atomic E-state index is 12.1. The van der Waals surface area contributed by atoms with Gasteiger partial charge in [-0.15, -0.1) is 0 Å². The Morgan fingerprint density at radius 1 is 1.28 bits per heavy atom. The van der Waals surface area contributed by atoms with Crippen LogP contribution in [0.2, 0.25) is 0 Å². The Balaban J connectivity index is 2.20. The first-order valence-electron chi connectivity index (χ1n) is 6.18. The Labute approximate surface area is 107 Å². The summed E-state index contributed by atoms with van der Waals surface area (Å²) in [5, 5.41) is 9.11. The molecule has 0 radical (unpaired) electrons. The molecular weight excluding hydrogens is 224 g/mol. The molecule has 0 unspecified atom stereocenters. The zero-order valence-corrected chi connectivity index (χ0v) is 10.5. The maximum atomic E-state index is 12.1. The second kappa shape index (κ2) is 5.50. The van der Waals surface area contributed by atoms with E-state index in [1.165, 1.54) is 0 Å². The van der Waals surface area contributed by atoms with E-state index < -0.39 is 0 Å². The predicted molar refractivity (Wildman–Crippen MR) is 70.6 cm³/mol. The van der Waals surface area contributed by atoms with Crippen LogP contribution in [0.3, 0.4) is 0 Å². The molecule has 18 heavy (non-hydrogen) atoms. The van der Waals surface area contributed by atoms with E-state index in [0.717, 1.165) is 37.1 Å². The minimum absolute atomic E-state index is 0.143.